The zero-order valence-corrected chi connectivity index (χ0v) is 14.4. The summed E-state index contributed by atoms with van der Waals surface area (Å²) in [4.78, 5) is 18.0. The molecule has 7 heteroatoms. The highest BCUT2D eigenvalue weighted by molar-refractivity contribution is 5.99. The second-order valence-electron chi connectivity index (χ2n) is 6.52. The van der Waals surface area contributed by atoms with Crippen LogP contribution in [0.2, 0.25) is 0 Å². The summed E-state index contributed by atoms with van der Waals surface area (Å²) in [6, 6.07) is 6.06. The first-order chi connectivity index (χ1) is 12.1. The summed E-state index contributed by atoms with van der Waals surface area (Å²) in [7, 11) is 0. The number of morpholine rings is 1. The minimum Gasteiger partial charge on any atom is -0.373 e. The molecule has 130 valence electrons. The predicted molar refractivity (Wildman–Crippen MR) is 93.4 cm³/mol. The molecule has 1 saturated heterocycles. The number of aryl methyl sites for hydroxylation is 2. The topological polar surface area (TPSA) is 76.0 Å². The summed E-state index contributed by atoms with van der Waals surface area (Å²) in [5.74, 6) is 0.0140. The van der Waals surface area contributed by atoms with Gasteiger partial charge in [0, 0.05) is 30.2 Å². The van der Waals surface area contributed by atoms with Crippen LogP contribution in [0.5, 0.6) is 0 Å². The third kappa shape index (κ3) is 3.02. The maximum atomic E-state index is 12.9. The lowest BCUT2D eigenvalue weighted by molar-refractivity contribution is -0.0303. The summed E-state index contributed by atoms with van der Waals surface area (Å²) < 4.78 is 7.50. The molecule has 4 rings (SSSR count). The number of aromatic nitrogens is 4. The van der Waals surface area contributed by atoms with E-state index in [1.54, 1.807) is 17.1 Å². The summed E-state index contributed by atoms with van der Waals surface area (Å²) in [6.07, 6.45) is 3.36. The van der Waals surface area contributed by atoms with Gasteiger partial charge in [-0.25, -0.2) is 4.68 Å². The van der Waals surface area contributed by atoms with Crippen molar-refractivity contribution in [2.45, 2.75) is 26.5 Å². The fourth-order valence-corrected chi connectivity index (χ4v) is 3.30. The van der Waals surface area contributed by atoms with Crippen molar-refractivity contribution in [3.05, 3.63) is 47.4 Å². The van der Waals surface area contributed by atoms with Gasteiger partial charge in [-0.3, -0.25) is 4.79 Å². The van der Waals surface area contributed by atoms with Crippen LogP contribution in [0.3, 0.4) is 0 Å². The molecule has 1 fully saturated rings. The molecule has 0 aliphatic carbocycles. The predicted octanol–water partition coefficient (Wildman–Crippen LogP) is 1.92. The number of ether oxygens (including phenoxy) is 1. The van der Waals surface area contributed by atoms with Crippen molar-refractivity contribution in [1.29, 1.82) is 0 Å². The second-order valence-corrected chi connectivity index (χ2v) is 6.52. The Morgan fingerprint density at radius 2 is 2.28 bits per heavy atom. The number of aromatic amines is 1. The molecule has 25 heavy (non-hydrogen) atoms. The van der Waals surface area contributed by atoms with Crippen LogP contribution >= 0.6 is 0 Å². The van der Waals surface area contributed by atoms with E-state index >= 15 is 0 Å². The zero-order valence-electron chi connectivity index (χ0n) is 14.4. The van der Waals surface area contributed by atoms with Crippen molar-refractivity contribution in [3.63, 3.8) is 0 Å². The van der Waals surface area contributed by atoms with Crippen LogP contribution in [0.15, 0.2) is 30.6 Å². The lowest BCUT2D eigenvalue weighted by Crippen LogP contribution is -2.47. The minimum atomic E-state index is -0.0761. The smallest absolute Gasteiger partial charge is 0.270 e. The van der Waals surface area contributed by atoms with E-state index in [4.69, 9.17) is 4.74 Å². The molecule has 0 bridgehead atoms. The molecule has 1 N–H and O–H groups in total. The van der Waals surface area contributed by atoms with Crippen molar-refractivity contribution < 1.29 is 9.53 Å². The molecule has 1 amide bonds. The minimum absolute atomic E-state index is 0.0140. The average Bonchev–Trinajstić information content (AvgIpc) is 3.28. The number of amides is 1. The number of nitrogens with one attached hydrogen (secondary N) is 1. The van der Waals surface area contributed by atoms with Crippen LogP contribution in [-0.4, -0.2) is 56.6 Å². The Morgan fingerprint density at radius 1 is 1.40 bits per heavy atom. The van der Waals surface area contributed by atoms with E-state index in [1.807, 2.05) is 17.0 Å². The van der Waals surface area contributed by atoms with E-state index < -0.39 is 0 Å². The Kier molecular flexibility index (Phi) is 4.01. The largest absolute Gasteiger partial charge is 0.373 e. The number of rotatable bonds is 3. The Balaban J connectivity index is 1.53. The normalized spacial score (nSPS) is 18.0. The summed E-state index contributed by atoms with van der Waals surface area (Å²) in [5.41, 5.74) is 4.06. The number of nitrogens with zero attached hydrogens (tertiary/aromatic N) is 4. The third-order valence-corrected chi connectivity index (χ3v) is 4.86. The summed E-state index contributed by atoms with van der Waals surface area (Å²) in [5, 5.41) is 8.87. The van der Waals surface area contributed by atoms with Crippen LogP contribution in [-0.2, 0) is 11.3 Å². The fraction of sp³-hybridized carbons (Fsp3) is 0.389. The van der Waals surface area contributed by atoms with Gasteiger partial charge in [-0.05, 0) is 37.1 Å². The van der Waals surface area contributed by atoms with E-state index in [-0.39, 0.29) is 12.0 Å². The lowest BCUT2D eigenvalue weighted by Gasteiger charge is -2.32. The molecule has 3 heterocycles. The highest BCUT2D eigenvalue weighted by Gasteiger charge is 2.26. The maximum Gasteiger partial charge on any atom is 0.270 e. The molecule has 0 radical (unpaired) electrons. The molecule has 0 saturated carbocycles. The van der Waals surface area contributed by atoms with Crippen LogP contribution < -0.4 is 0 Å². The molecule has 0 spiro atoms. The van der Waals surface area contributed by atoms with Gasteiger partial charge in [-0.1, -0.05) is 11.3 Å². The number of carbonyl (C=O) groups is 1. The van der Waals surface area contributed by atoms with E-state index in [9.17, 15) is 4.79 Å². The first-order valence-corrected chi connectivity index (χ1v) is 8.46. The van der Waals surface area contributed by atoms with Crippen LogP contribution in [0, 0.1) is 13.8 Å². The number of carbonyl (C=O) groups excluding carboxylic acids is 1. The zero-order chi connectivity index (χ0) is 17.4. The summed E-state index contributed by atoms with van der Waals surface area (Å²) >= 11 is 0. The number of hydrogen-bond acceptors (Lipinski definition) is 4. The number of H-pyrrole nitrogens is 1. The van der Waals surface area contributed by atoms with E-state index in [0.717, 1.165) is 10.9 Å². The van der Waals surface area contributed by atoms with Gasteiger partial charge in [0.15, 0.2) is 0 Å². The molecule has 2 aromatic heterocycles. The molecule has 1 atom stereocenters. The Morgan fingerprint density at radius 3 is 3.08 bits per heavy atom. The van der Waals surface area contributed by atoms with Crippen LogP contribution in [0.4, 0.5) is 0 Å². The molecular weight excluding hydrogens is 318 g/mol. The monoisotopic (exact) mass is 339 g/mol. The van der Waals surface area contributed by atoms with Crippen molar-refractivity contribution in [2.75, 3.05) is 19.7 Å². The molecule has 1 aliphatic rings. The second kappa shape index (κ2) is 6.33. The van der Waals surface area contributed by atoms with Crippen molar-refractivity contribution in [1.82, 2.24) is 24.9 Å². The molecule has 3 aromatic rings. The maximum absolute atomic E-state index is 12.9. The molecule has 7 nitrogen and oxygen atoms in total. The third-order valence-electron chi connectivity index (χ3n) is 4.86. The molecule has 1 aliphatic heterocycles. The average molecular weight is 339 g/mol. The van der Waals surface area contributed by atoms with E-state index in [1.165, 1.54) is 11.1 Å². The Bertz CT molecular complexity index is 900. The van der Waals surface area contributed by atoms with Gasteiger partial charge < -0.3 is 14.6 Å². The first kappa shape index (κ1) is 15.8. The highest BCUT2D eigenvalue weighted by Crippen LogP contribution is 2.23. The van der Waals surface area contributed by atoms with Gasteiger partial charge in [0.05, 0.1) is 25.5 Å². The molecule has 1 aromatic carbocycles. The van der Waals surface area contributed by atoms with Gasteiger partial charge in [0.25, 0.3) is 5.91 Å². The van der Waals surface area contributed by atoms with Crippen LogP contribution in [0.1, 0.15) is 21.6 Å². The van der Waals surface area contributed by atoms with E-state index in [2.05, 4.69) is 35.2 Å². The molecule has 1 unspecified atom stereocenters. The molecular formula is C18H21N5O2. The quantitative estimate of drug-likeness (QED) is 0.791. The number of hydrogen-bond donors (Lipinski definition) is 1. The highest BCUT2D eigenvalue weighted by atomic mass is 16.5. The number of benzene rings is 1. The number of fused-ring (bicyclic) bond motifs is 1. The standard InChI is InChI=1S/C18H21N5O2/c1-12-3-4-16-15(13(12)2)9-17(20-16)18(24)22-7-8-25-14(10-22)11-23-6-5-19-21-23/h3-6,9,14,20H,7-8,10-11H2,1-2H3. The Hall–Kier alpha value is -2.67. The lowest BCUT2D eigenvalue weighted by atomic mass is 10.1. The van der Waals surface area contributed by atoms with Gasteiger partial charge >= 0.3 is 0 Å². The fourth-order valence-electron chi connectivity index (χ4n) is 3.30. The van der Waals surface area contributed by atoms with E-state index in [0.29, 0.717) is 31.9 Å². The van der Waals surface area contributed by atoms with Gasteiger partial charge in [-0.2, -0.15) is 0 Å². The van der Waals surface area contributed by atoms with Crippen molar-refractivity contribution in [2.24, 2.45) is 0 Å². The van der Waals surface area contributed by atoms with Crippen molar-refractivity contribution >= 4 is 16.8 Å². The summed E-state index contributed by atoms with van der Waals surface area (Å²) in [6.45, 7) is 6.44. The SMILES string of the molecule is Cc1ccc2[nH]c(C(=O)N3CCOC(Cn4ccnn4)C3)cc2c1C. The van der Waals surface area contributed by atoms with Gasteiger partial charge in [0.2, 0.25) is 0 Å². The van der Waals surface area contributed by atoms with Crippen molar-refractivity contribution in [3.8, 4) is 0 Å². The first-order valence-electron chi connectivity index (χ1n) is 8.46. The van der Waals surface area contributed by atoms with Gasteiger partial charge in [-0.15, -0.1) is 5.10 Å². The Labute approximate surface area is 145 Å². The van der Waals surface area contributed by atoms with Crippen LogP contribution in [0.25, 0.3) is 10.9 Å². The van der Waals surface area contributed by atoms with Gasteiger partial charge in [0.1, 0.15) is 5.69 Å².